The molecule has 0 bridgehead atoms. The van der Waals surface area contributed by atoms with Crippen molar-refractivity contribution in [2.24, 2.45) is 0 Å². The van der Waals surface area contributed by atoms with Gasteiger partial charge in [-0.05, 0) is 63.7 Å². The van der Waals surface area contributed by atoms with Crippen LogP contribution in [0, 0.1) is 0 Å². The minimum atomic E-state index is 1.06. The van der Waals surface area contributed by atoms with Gasteiger partial charge in [-0.1, -0.05) is 113 Å². The molecule has 32 heavy (non-hydrogen) atoms. The maximum Gasteiger partial charge on any atom is 0.0391 e. The van der Waals surface area contributed by atoms with E-state index in [1.807, 2.05) is 12.1 Å². The summed E-state index contributed by atoms with van der Waals surface area (Å²) in [5, 5.41) is 3.53. The van der Waals surface area contributed by atoms with Crippen LogP contribution in [0.2, 0.25) is 0 Å². The Labute approximate surface area is 197 Å². The number of nitrogens with one attached hydrogen (secondary N) is 1. The second-order valence-electron chi connectivity index (χ2n) is 7.71. The summed E-state index contributed by atoms with van der Waals surface area (Å²) in [7, 11) is 0. The molecular formula is C30H22BrN. The van der Waals surface area contributed by atoms with Crippen LogP contribution in [0.3, 0.4) is 0 Å². The largest absolute Gasteiger partial charge is 0.356 e. The Morgan fingerprint density at radius 2 is 0.844 bits per heavy atom. The van der Waals surface area contributed by atoms with E-state index in [0.29, 0.717) is 0 Å². The number of hydrogen-bond acceptors (Lipinski definition) is 1. The van der Waals surface area contributed by atoms with Crippen LogP contribution in [-0.2, 0) is 0 Å². The first kappa shape index (κ1) is 20.3. The molecule has 0 aliphatic rings. The van der Waals surface area contributed by atoms with Crippen LogP contribution in [-0.4, -0.2) is 0 Å². The summed E-state index contributed by atoms with van der Waals surface area (Å²) in [6, 6.07) is 44.6. The van der Waals surface area contributed by atoms with Gasteiger partial charge >= 0.3 is 0 Å². The molecule has 5 aromatic carbocycles. The summed E-state index contributed by atoms with van der Waals surface area (Å²) in [5.41, 5.74) is 9.38. The quantitative estimate of drug-likeness (QED) is 0.267. The summed E-state index contributed by atoms with van der Waals surface area (Å²) in [4.78, 5) is 0. The fourth-order valence-corrected chi connectivity index (χ4v) is 4.32. The molecule has 5 rings (SSSR count). The molecule has 1 N–H and O–H groups in total. The van der Waals surface area contributed by atoms with E-state index in [2.05, 4.69) is 137 Å². The zero-order valence-electron chi connectivity index (χ0n) is 17.5. The lowest BCUT2D eigenvalue weighted by atomic mass is 10.0. The van der Waals surface area contributed by atoms with Crippen molar-refractivity contribution in [3.05, 3.63) is 132 Å². The van der Waals surface area contributed by atoms with Gasteiger partial charge in [0.15, 0.2) is 0 Å². The van der Waals surface area contributed by atoms with Crippen LogP contribution in [0.5, 0.6) is 0 Å². The third-order valence-corrected chi connectivity index (χ3v) is 6.24. The maximum absolute atomic E-state index is 3.68. The van der Waals surface area contributed by atoms with E-state index in [-0.39, 0.29) is 0 Å². The molecule has 5 aromatic rings. The highest BCUT2D eigenvalue weighted by Gasteiger charge is 2.05. The minimum Gasteiger partial charge on any atom is -0.356 e. The first-order valence-corrected chi connectivity index (χ1v) is 11.4. The molecule has 0 atom stereocenters. The van der Waals surface area contributed by atoms with E-state index in [1.165, 1.54) is 33.4 Å². The highest BCUT2D eigenvalue weighted by Crippen LogP contribution is 2.32. The van der Waals surface area contributed by atoms with Gasteiger partial charge in [-0.25, -0.2) is 0 Å². The smallest absolute Gasteiger partial charge is 0.0391 e. The number of rotatable bonds is 5. The topological polar surface area (TPSA) is 12.0 Å². The van der Waals surface area contributed by atoms with Gasteiger partial charge in [0.05, 0.1) is 0 Å². The minimum absolute atomic E-state index is 1.06. The zero-order chi connectivity index (χ0) is 21.8. The standard InChI is InChI=1S/C30H22BrN/c31-30-20-19-28(21-29(30)26-9-5-2-6-10-26)32-27-17-15-25(16-18-27)24-13-11-23(12-14-24)22-7-3-1-4-8-22/h1-21,32H. The molecule has 154 valence electrons. The first-order valence-electron chi connectivity index (χ1n) is 10.6. The molecule has 0 aliphatic carbocycles. The average molecular weight is 476 g/mol. The molecule has 0 spiro atoms. The van der Waals surface area contributed by atoms with Gasteiger partial charge in [0, 0.05) is 15.8 Å². The van der Waals surface area contributed by atoms with Gasteiger partial charge in [-0.15, -0.1) is 0 Å². The molecule has 0 heterocycles. The van der Waals surface area contributed by atoms with Crippen LogP contribution < -0.4 is 5.32 Å². The van der Waals surface area contributed by atoms with E-state index < -0.39 is 0 Å². The number of benzene rings is 5. The number of anilines is 2. The molecule has 0 unspecified atom stereocenters. The third kappa shape index (κ3) is 4.51. The van der Waals surface area contributed by atoms with Crippen molar-refractivity contribution in [3.63, 3.8) is 0 Å². The Morgan fingerprint density at radius 3 is 1.41 bits per heavy atom. The fourth-order valence-electron chi connectivity index (χ4n) is 3.84. The van der Waals surface area contributed by atoms with E-state index in [1.54, 1.807) is 0 Å². The molecule has 0 fully saturated rings. The summed E-state index contributed by atoms with van der Waals surface area (Å²) < 4.78 is 1.09. The molecule has 0 radical (unpaired) electrons. The van der Waals surface area contributed by atoms with Crippen molar-refractivity contribution in [1.29, 1.82) is 0 Å². The molecular weight excluding hydrogens is 454 g/mol. The van der Waals surface area contributed by atoms with Crippen molar-refractivity contribution in [2.45, 2.75) is 0 Å². The van der Waals surface area contributed by atoms with Crippen LogP contribution in [0.25, 0.3) is 33.4 Å². The predicted octanol–water partition coefficient (Wildman–Crippen LogP) is 9.19. The monoisotopic (exact) mass is 475 g/mol. The first-order chi connectivity index (χ1) is 15.8. The summed E-state index contributed by atoms with van der Waals surface area (Å²) >= 11 is 3.68. The maximum atomic E-state index is 3.68. The van der Waals surface area contributed by atoms with Gasteiger partial charge in [0.2, 0.25) is 0 Å². The van der Waals surface area contributed by atoms with Gasteiger partial charge in [0.1, 0.15) is 0 Å². The summed E-state index contributed by atoms with van der Waals surface area (Å²) in [6.45, 7) is 0. The van der Waals surface area contributed by atoms with Gasteiger partial charge in [-0.3, -0.25) is 0 Å². The second-order valence-corrected chi connectivity index (χ2v) is 8.56. The Balaban J connectivity index is 1.33. The summed E-state index contributed by atoms with van der Waals surface area (Å²) in [5.74, 6) is 0. The SMILES string of the molecule is Brc1ccc(Nc2ccc(-c3ccc(-c4ccccc4)cc3)cc2)cc1-c1ccccc1. The Morgan fingerprint density at radius 1 is 0.406 bits per heavy atom. The number of halogens is 1. The lowest BCUT2D eigenvalue weighted by Crippen LogP contribution is -1.91. The van der Waals surface area contributed by atoms with Gasteiger partial charge in [0.25, 0.3) is 0 Å². The molecule has 0 amide bonds. The van der Waals surface area contributed by atoms with Crippen LogP contribution in [0.15, 0.2) is 132 Å². The highest BCUT2D eigenvalue weighted by atomic mass is 79.9. The Hall–Kier alpha value is -3.62. The highest BCUT2D eigenvalue weighted by molar-refractivity contribution is 9.10. The van der Waals surface area contributed by atoms with Gasteiger partial charge < -0.3 is 5.32 Å². The molecule has 1 nitrogen and oxygen atoms in total. The van der Waals surface area contributed by atoms with E-state index in [9.17, 15) is 0 Å². The summed E-state index contributed by atoms with van der Waals surface area (Å²) in [6.07, 6.45) is 0. The van der Waals surface area contributed by atoms with Crippen molar-refractivity contribution < 1.29 is 0 Å². The second kappa shape index (κ2) is 9.25. The molecule has 0 saturated heterocycles. The lowest BCUT2D eigenvalue weighted by Gasteiger charge is -2.11. The predicted molar refractivity (Wildman–Crippen MR) is 140 cm³/mol. The third-order valence-electron chi connectivity index (χ3n) is 5.55. The molecule has 0 saturated carbocycles. The Bertz CT molecular complexity index is 1310. The molecule has 2 heteroatoms. The van der Waals surface area contributed by atoms with Crippen molar-refractivity contribution in [3.8, 4) is 33.4 Å². The van der Waals surface area contributed by atoms with Crippen LogP contribution in [0.1, 0.15) is 0 Å². The van der Waals surface area contributed by atoms with E-state index in [0.717, 1.165) is 15.8 Å². The normalized spacial score (nSPS) is 10.7. The van der Waals surface area contributed by atoms with Crippen LogP contribution in [0.4, 0.5) is 11.4 Å². The van der Waals surface area contributed by atoms with Crippen molar-refractivity contribution in [2.75, 3.05) is 5.32 Å². The Kier molecular flexibility index (Phi) is 5.87. The molecule has 0 aliphatic heterocycles. The van der Waals surface area contributed by atoms with Crippen LogP contribution >= 0.6 is 15.9 Å². The number of hydrogen-bond donors (Lipinski definition) is 1. The lowest BCUT2D eigenvalue weighted by molar-refractivity contribution is 1.52. The fraction of sp³-hybridized carbons (Fsp3) is 0. The van der Waals surface area contributed by atoms with Gasteiger partial charge in [-0.2, -0.15) is 0 Å². The molecule has 0 aromatic heterocycles. The zero-order valence-corrected chi connectivity index (χ0v) is 19.1. The van der Waals surface area contributed by atoms with E-state index >= 15 is 0 Å². The van der Waals surface area contributed by atoms with E-state index in [4.69, 9.17) is 0 Å². The van der Waals surface area contributed by atoms with Crippen molar-refractivity contribution >= 4 is 27.3 Å². The average Bonchev–Trinajstić information content (AvgIpc) is 2.87. The van der Waals surface area contributed by atoms with Crippen molar-refractivity contribution in [1.82, 2.24) is 0 Å².